The van der Waals surface area contributed by atoms with Crippen LogP contribution in [0.15, 0.2) is 47.4 Å². The molecular formula is C19H22N2O4S. The molecule has 0 unspecified atom stereocenters. The predicted molar refractivity (Wildman–Crippen MR) is 101 cm³/mol. The second kappa shape index (κ2) is 6.99. The van der Waals surface area contributed by atoms with Crippen molar-refractivity contribution in [1.82, 2.24) is 0 Å². The van der Waals surface area contributed by atoms with Crippen molar-refractivity contribution in [3.63, 3.8) is 0 Å². The minimum atomic E-state index is -3.73. The van der Waals surface area contributed by atoms with Crippen LogP contribution in [0.3, 0.4) is 0 Å². The Bertz CT molecular complexity index is 940. The molecule has 1 atom stereocenters. The molecule has 1 aliphatic heterocycles. The molecule has 1 heterocycles. The highest BCUT2D eigenvalue weighted by atomic mass is 32.2. The monoisotopic (exact) mass is 374 g/mol. The molecular weight excluding hydrogens is 352 g/mol. The molecule has 0 spiro atoms. The summed E-state index contributed by atoms with van der Waals surface area (Å²) in [7, 11) is -2.20. The van der Waals surface area contributed by atoms with Gasteiger partial charge in [-0.2, -0.15) is 0 Å². The lowest BCUT2D eigenvalue weighted by atomic mass is 10.1. The number of carbonyl (C=O) groups is 1. The molecule has 0 saturated heterocycles. The van der Waals surface area contributed by atoms with Crippen molar-refractivity contribution in [1.29, 1.82) is 0 Å². The normalized spacial score (nSPS) is 16.3. The van der Waals surface area contributed by atoms with Crippen molar-refractivity contribution in [2.24, 2.45) is 0 Å². The molecule has 26 heavy (non-hydrogen) atoms. The van der Waals surface area contributed by atoms with Crippen LogP contribution >= 0.6 is 0 Å². The second-order valence-electron chi connectivity index (χ2n) is 6.30. The second-order valence-corrected chi connectivity index (χ2v) is 7.98. The fourth-order valence-electron chi connectivity index (χ4n) is 3.23. The van der Waals surface area contributed by atoms with Crippen LogP contribution in [0.4, 0.5) is 11.4 Å². The fourth-order valence-corrected chi connectivity index (χ4v) is 4.33. The molecule has 6 nitrogen and oxygen atoms in total. The zero-order valence-corrected chi connectivity index (χ0v) is 15.8. The maximum Gasteiger partial charge on any atom is 0.261 e. The maximum absolute atomic E-state index is 12.7. The van der Waals surface area contributed by atoms with E-state index in [9.17, 15) is 13.2 Å². The maximum atomic E-state index is 12.7. The van der Waals surface area contributed by atoms with E-state index in [0.29, 0.717) is 24.3 Å². The molecule has 3 rings (SSSR count). The van der Waals surface area contributed by atoms with Gasteiger partial charge < -0.3 is 9.64 Å². The van der Waals surface area contributed by atoms with Crippen molar-refractivity contribution >= 4 is 27.3 Å². The van der Waals surface area contributed by atoms with E-state index in [-0.39, 0.29) is 16.8 Å². The number of hydrogen-bond acceptors (Lipinski definition) is 4. The van der Waals surface area contributed by atoms with E-state index in [1.165, 1.54) is 13.2 Å². The zero-order chi connectivity index (χ0) is 18.9. The number of methoxy groups -OCH3 is 1. The van der Waals surface area contributed by atoms with Gasteiger partial charge in [0, 0.05) is 24.2 Å². The molecule has 1 amide bonds. The molecule has 0 fully saturated rings. The van der Waals surface area contributed by atoms with Gasteiger partial charge in [0.25, 0.3) is 10.0 Å². The van der Waals surface area contributed by atoms with Crippen LogP contribution in [0.5, 0.6) is 5.75 Å². The third-order valence-electron chi connectivity index (χ3n) is 4.47. The number of carbonyl (C=O) groups excluding carboxylic acids is 1. The van der Waals surface area contributed by atoms with E-state index in [0.717, 1.165) is 11.3 Å². The zero-order valence-electron chi connectivity index (χ0n) is 15.0. The van der Waals surface area contributed by atoms with Crippen LogP contribution in [-0.4, -0.2) is 27.5 Å². The van der Waals surface area contributed by atoms with Crippen LogP contribution in [0.2, 0.25) is 0 Å². The standard InChI is InChI=1S/C19H22N2O4S/c1-4-19(22)21-13(2)10-14-11-17(8-9-18(14)21)26(23,24)20-15-6-5-7-16(12-15)25-3/h5-9,11-13,20H,4,10H2,1-3H3/t13-/m1/s1. The Balaban J connectivity index is 1.90. The molecule has 0 radical (unpaired) electrons. The Hall–Kier alpha value is -2.54. The van der Waals surface area contributed by atoms with Crippen molar-refractivity contribution in [2.45, 2.75) is 37.6 Å². The summed E-state index contributed by atoms with van der Waals surface area (Å²) in [6.07, 6.45) is 1.06. The molecule has 0 saturated carbocycles. The van der Waals surface area contributed by atoms with Crippen molar-refractivity contribution in [2.75, 3.05) is 16.7 Å². The van der Waals surface area contributed by atoms with Crippen molar-refractivity contribution in [3.05, 3.63) is 48.0 Å². The van der Waals surface area contributed by atoms with Gasteiger partial charge in [-0.05, 0) is 49.2 Å². The van der Waals surface area contributed by atoms with Gasteiger partial charge >= 0.3 is 0 Å². The lowest BCUT2D eigenvalue weighted by molar-refractivity contribution is -0.118. The van der Waals surface area contributed by atoms with Crippen LogP contribution in [0.1, 0.15) is 25.8 Å². The number of fused-ring (bicyclic) bond motifs is 1. The first-order valence-corrected chi connectivity index (χ1v) is 9.96. The molecule has 0 bridgehead atoms. The average Bonchev–Trinajstić information content (AvgIpc) is 2.95. The number of hydrogen-bond donors (Lipinski definition) is 1. The minimum Gasteiger partial charge on any atom is -0.497 e. The Kier molecular flexibility index (Phi) is 4.91. The van der Waals surface area contributed by atoms with Gasteiger partial charge in [0.1, 0.15) is 5.75 Å². The third-order valence-corrected chi connectivity index (χ3v) is 5.85. The molecule has 0 aliphatic carbocycles. The number of amides is 1. The SMILES string of the molecule is CCC(=O)N1c2ccc(S(=O)(=O)Nc3cccc(OC)c3)cc2C[C@H]1C. The quantitative estimate of drug-likeness (QED) is 0.872. The molecule has 2 aromatic carbocycles. The van der Waals surface area contributed by atoms with E-state index >= 15 is 0 Å². The fraction of sp³-hybridized carbons (Fsp3) is 0.316. The summed E-state index contributed by atoms with van der Waals surface area (Å²) in [4.78, 5) is 14.1. The van der Waals surface area contributed by atoms with Gasteiger partial charge in [-0.15, -0.1) is 0 Å². The average molecular weight is 374 g/mol. The molecule has 2 aromatic rings. The molecule has 1 N–H and O–H groups in total. The summed E-state index contributed by atoms with van der Waals surface area (Å²) in [5.41, 5.74) is 2.10. The van der Waals surface area contributed by atoms with Gasteiger partial charge in [0.2, 0.25) is 5.91 Å². The third kappa shape index (κ3) is 3.39. The largest absolute Gasteiger partial charge is 0.497 e. The van der Waals surface area contributed by atoms with Crippen LogP contribution in [-0.2, 0) is 21.2 Å². The number of benzene rings is 2. The Morgan fingerprint density at radius 2 is 2.04 bits per heavy atom. The highest BCUT2D eigenvalue weighted by Crippen LogP contribution is 2.34. The van der Waals surface area contributed by atoms with E-state index in [2.05, 4.69) is 4.72 Å². The number of nitrogens with zero attached hydrogens (tertiary/aromatic N) is 1. The number of rotatable bonds is 5. The molecule has 138 valence electrons. The van der Waals surface area contributed by atoms with E-state index in [1.807, 2.05) is 13.8 Å². The lowest BCUT2D eigenvalue weighted by Gasteiger charge is -2.22. The summed E-state index contributed by atoms with van der Waals surface area (Å²) in [5.74, 6) is 0.614. The molecule has 0 aromatic heterocycles. The van der Waals surface area contributed by atoms with Crippen LogP contribution in [0, 0.1) is 0 Å². The van der Waals surface area contributed by atoms with Crippen molar-refractivity contribution in [3.8, 4) is 5.75 Å². The minimum absolute atomic E-state index is 0.0294. The van der Waals surface area contributed by atoms with Gasteiger partial charge in [-0.1, -0.05) is 13.0 Å². The first-order chi connectivity index (χ1) is 12.4. The predicted octanol–water partition coefficient (Wildman–Crippen LogP) is 3.18. The van der Waals surface area contributed by atoms with Gasteiger partial charge in [0.15, 0.2) is 0 Å². The summed E-state index contributed by atoms with van der Waals surface area (Å²) in [6.45, 7) is 3.79. The first kappa shape index (κ1) is 18.3. The smallest absolute Gasteiger partial charge is 0.261 e. The van der Waals surface area contributed by atoms with Crippen LogP contribution in [0.25, 0.3) is 0 Å². The summed E-state index contributed by atoms with van der Waals surface area (Å²) in [5, 5.41) is 0. The number of nitrogens with one attached hydrogen (secondary N) is 1. The number of sulfonamides is 1. The summed E-state index contributed by atoms with van der Waals surface area (Å²) >= 11 is 0. The Labute approximate surface area is 153 Å². The van der Waals surface area contributed by atoms with E-state index in [4.69, 9.17) is 4.74 Å². The highest BCUT2D eigenvalue weighted by molar-refractivity contribution is 7.92. The highest BCUT2D eigenvalue weighted by Gasteiger charge is 2.31. The van der Waals surface area contributed by atoms with Crippen molar-refractivity contribution < 1.29 is 17.9 Å². The topological polar surface area (TPSA) is 75.7 Å². The number of anilines is 2. The van der Waals surface area contributed by atoms with Gasteiger partial charge in [0.05, 0.1) is 17.7 Å². The number of ether oxygens (including phenoxy) is 1. The van der Waals surface area contributed by atoms with E-state index in [1.54, 1.807) is 41.3 Å². The summed E-state index contributed by atoms with van der Waals surface area (Å²) < 4.78 is 33.1. The van der Waals surface area contributed by atoms with Gasteiger partial charge in [-0.25, -0.2) is 8.42 Å². The summed E-state index contributed by atoms with van der Waals surface area (Å²) in [6, 6.07) is 11.7. The Morgan fingerprint density at radius 3 is 2.73 bits per heavy atom. The Morgan fingerprint density at radius 1 is 1.27 bits per heavy atom. The molecule has 1 aliphatic rings. The van der Waals surface area contributed by atoms with Gasteiger partial charge in [-0.3, -0.25) is 9.52 Å². The van der Waals surface area contributed by atoms with E-state index < -0.39 is 10.0 Å². The molecule has 7 heteroatoms. The first-order valence-electron chi connectivity index (χ1n) is 8.47. The lowest BCUT2D eigenvalue weighted by Crippen LogP contribution is -2.35. The van der Waals surface area contributed by atoms with Crippen LogP contribution < -0.4 is 14.4 Å².